The van der Waals surface area contributed by atoms with E-state index in [-0.39, 0.29) is 0 Å². The van der Waals surface area contributed by atoms with Crippen LogP contribution in [-0.4, -0.2) is 28.3 Å². The zero-order chi connectivity index (χ0) is 9.68. The van der Waals surface area contributed by atoms with Gasteiger partial charge in [-0.05, 0) is 18.9 Å². The molecule has 0 fully saturated rings. The fourth-order valence-corrected chi connectivity index (χ4v) is 1.66. The Balaban J connectivity index is 2.26. The van der Waals surface area contributed by atoms with Crippen LogP contribution in [0.1, 0.15) is 12.1 Å². The lowest BCUT2D eigenvalue weighted by Gasteiger charge is -2.06. The van der Waals surface area contributed by atoms with Crippen LogP contribution in [0.3, 0.4) is 0 Å². The molecule has 1 aromatic heterocycles. The number of aromatic nitrogens is 2. The molecule has 0 bridgehead atoms. The summed E-state index contributed by atoms with van der Waals surface area (Å²) in [6.45, 7) is 0.757. The molecule has 1 aromatic rings. The van der Waals surface area contributed by atoms with Crippen molar-refractivity contribution in [1.29, 1.82) is 0 Å². The van der Waals surface area contributed by atoms with Crippen LogP contribution in [0.2, 0.25) is 0 Å². The van der Waals surface area contributed by atoms with Crippen LogP contribution in [-0.2, 0) is 18.2 Å². The minimum Gasteiger partial charge on any atom is -0.384 e. The van der Waals surface area contributed by atoms with Gasteiger partial charge in [0.05, 0.1) is 12.3 Å². The maximum atomic E-state index is 5.02. The summed E-state index contributed by atoms with van der Waals surface area (Å²) in [6, 6.07) is 2.05. The number of hydrogen-bond acceptors (Lipinski definition) is 2. The summed E-state index contributed by atoms with van der Waals surface area (Å²) in [4.78, 5) is 0.430. The van der Waals surface area contributed by atoms with Crippen LogP contribution in [0.5, 0.6) is 0 Å². The van der Waals surface area contributed by atoms with Crippen LogP contribution in [0.25, 0.3) is 0 Å². The molecule has 1 unspecified atom stereocenters. The van der Waals surface area contributed by atoms with E-state index in [2.05, 4.69) is 21.0 Å². The standard InChI is InChI=1S/C9H15BrN2O/c1-12-6-5-9(11-12)4-3-8(10)7-13-2/h5-6,8H,3-4,7H2,1-2H3. The van der Waals surface area contributed by atoms with E-state index in [1.165, 1.54) is 0 Å². The maximum absolute atomic E-state index is 5.02. The molecule has 4 heteroatoms. The molecule has 0 amide bonds. The first-order valence-corrected chi connectivity index (χ1v) is 5.25. The highest BCUT2D eigenvalue weighted by molar-refractivity contribution is 9.09. The quantitative estimate of drug-likeness (QED) is 0.741. The van der Waals surface area contributed by atoms with Crippen LogP contribution in [0.15, 0.2) is 12.3 Å². The molecule has 1 heterocycles. The molecule has 74 valence electrons. The number of rotatable bonds is 5. The van der Waals surface area contributed by atoms with Crippen molar-refractivity contribution in [1.82, 2.24) is 9.78 Å². The number of halogens is 1. The Kier molecular flexibility index (Phi) is 4.45. The molecular formula is C9H15BrN2O. The topological polar surface area (TPSA) is 27.1 Å². The number of nitrogens with zero attached hydrogens (tertiary/aromatic N) is 2. The van der Waals surface area contributed by atoms with Crippen molar-refractivity contribution in [3.8, 4) is 0 Å². The van der Waals surface area contributed by atoms with Gasteiger partial charge in [0.25, 0.3) is 0 Å². The molecule has 0 aliphatic heterocycles. The van der Waals surface area contributed by atoms with Crippen molar-refractivity contribution in [3.63, 3.8) is 0 Å². The first-order valence-electron chi connectivity index (χ1n) is 4.34. The van der Waals surface area contributed by atoms with Gasteiger partial charge in [-0.2, -0.15) is 5.10 Å². The van der Waals surface area contributed by atoms with Gasteiger partial charge >= 0.3 is 0 Å². The Hall–Kier alpha value is -0.350. The molecule has 0 saturated heterocycles. The third-order valence-corrected chi connectivity index (χ3v) is 2.55. The van der Waals surface area contributed by atoms with Gasteiger partial charge < -0.3 is 4.74 Å². The van der Waals surface area contributed by atoms with Crippen molar-refractivity contribution in [2.24, 2.45) is 7.05 Å². The van der Waals surface area contributed by atoms with E-state index in [0.29, 0.717) is 4.83 Å². The van der Waals surface area contributed by atoms with Gasteiger partial charge in [-0.25, -0.2) is 0 Å². The van der Waals surface area contributed by atoms with E-state index in [1.54, 1.807) is 7.11 Å². The second kappa shape index (κ2) is 5.40. The maximum Gasteiger partial charge on any atom is 0.0624 e. The lowest BCUT2D eigenvalue weighted by Crippen LogP contribution is -2.08. The first kappa shape index (κ1) is 10.7. The highest BCUT2D eigenvalue weighted by atomic mass is 79.9. The number of hydrogen-bond donors (Lipinski definition) is 0. The average molecular weight is 247 g/mol. The van der Waals surface area contributed by atoms with Gasteiger partial charge in [0.1, 0.15) is 0 Å². The minimum absolute atomic E-state index is 0.430. The fraction of sp³-hybridized carbons (Fsp3) is 0.667. The summed E-state index contributed by atoms with van der Waals surface area (Å²) in [5.41, 5.74) is 1.14. The van der Waals surface area contributed by atoms with E-state index in [1.807, 2.05) is 24.0 Å². The fourth-order valence-electron chi connectivity index (χ4n) is 1.17. The van der Waals surface area contributed by atoms with Gasteiger partial charge in [-0.15, -0.1) is 0 Å². The summed E-state index contributed by atoms with van der Waals surface area (Å²) in [6.07, 6.45) is 4.03. The molecule has 3 nitrogen and oxygen atoms in total. The van der Waals surface area contributed by atoms with Crippen molar-refractivity contribution in [3.05, 3.63) is 18.0 Å². The lowest BCUT2D eigenvalue weighted by molar-refractivity contribution is 0.198. The van der Waals surface area contributed by atoms with Crippen LogP contribution >= 0.6 is 15.9 Å². The molecular weight excluding hydrogens is 232 g/mol. The van der Waals surface area contributed by atoms with Gasteiger partial charge in [0.2, 0.25) is 0 Å². The van der Waals surface area contributed by atoms with E-state index in [9.17, 15) is 0 Å². The van der Waals surface area contributed by atoms with E-state index in [4.69, 9.17) is 4.74 Å². The van der Waals surface area contributed by atoms with Crippen LogP contribution < -0.4 is 0 Å². The van der Waals surface area contributed by atoms with Gasteiger partial charge in [0, 0.05) is 25.2 Å². The Morgan fingerprint density at radius 1 is 1.69 bits per heavy atom. The van der Waals surface area contributed by atoms with E-state index >= 15 is 0 Å². The van der Waals surface area contributed by atoms with Crippen molar-refractivity contribution < 1.29 is 4.74 Å². The third kappa shape index (κ3) is 3.91. The highest BCUT2D eigenvalue weighted by Gasteiger charge is 2.04. The van der Waals surface area contributed by atoms with Gasteiger partial charge in [-0.1, -0.05) is 15.9 Å². The first-order chi connectivity index (χ1) is 6.22. The Morgan fingerprint density at radius 3 is 3.00 bits per heavy atom. The largest absolute Gasteiger partial charge is 0.384 e. The Morgan fingerprint density at radius 2 is 2.46 bits per heavy atom. The molecule has 1 atom stereocenters. The summed E-state index contributed by atoms with van der Waals surface area (Å²) < 4.78 is 6.85. The summed E-state index contributed by atoms with van der Waals surface area (Å²) >= 11 is 3.54. The van der Waals surface area contributed by atoms with Crippen molar-refractivity contribution in [2.75, 3.05) is 13.7 Å². The Bertz CT molecular complexity index is 250. The van der Waals surface area contributed by atoms with Crippen LogP contribution in [0.4, 0.5) is 0 Å². The predicted molar refractivity (Wildman–Crippen MR) is 56.1 cm³/mol. The number of ether oxygens (including phenoxy) is 1. The molecule has 0 N–H and O–H groups in total. The van der Waals surface area contributed by atoms with Crippen molar-refractivity contribution in [2.45, 2.75) is 17.7 Å². The second-order valence-electron chi connectivity index (χ2n) is 3.07. The smallest absolute Gasteiger partial charge is 0.0624 e. The molecule has 1 rings (SSSR count). The lowest BCUT2D eigenvalue weighted by atomic mass is 10.2. The van der Waals surface area contributed by atoms with E-state index in [0.717, 1.165) is 25.1 Å². The molecule has 0 aliphatic carbocycles. The molecule has 0 spiro atoms. The zero-order valence-corrected chi connectivity index (χ0v) is 9.62. The van der Waals surface area contributed by atoms with E-state index < -0.39 is 0 Å². The third-order valence-electron chi connectivity index (χ3n) is 1.83. The molecule has 13 heavy (non-hydrogen) atoms. The monoisotopic (exact) mass is 246 g/mol. The average Bonchev–Trinajstić information content (AvgIpc) is 2.49. The summed E-state index contributed by atoms with van der Waals surface area (Å²) in [7, 11) is 3.65. The molecule has 0 radical (unpaired) electrons. The van der Waals surface area contributed by atoms with Gasteiger partial charge in [0.15, 0.2) is 0 Å². The number of alkyl halides is 1. The minimum atomic E-state index is 0.430. The molecule has 0 aromatic carbocycles. The normalized spacial score (nSPS) is 13.2. The summed E-state index contributed by atoms with van der Waals surface area (Å²) in [5, 5.41) is 4.30. The number of aryl methyl sites for hydroxylation is 2. The van der Waals surface area contributed by atoms with Crippen molar-refractivity contribution >= 4 is 15.9 Å². The number of methoxy groups -OCH3 is 1. The molecule has 0 saturated carbocycles. The highest BCUT2D eigenvalue weighted by Crippen LogP contribution is 2.09. The van der Waals surface area contributed by atoms with Crippen LogP contribution in [0, 0.1) is 0 Å². The predicted octanol–water partition coefficient (Wildman–Crippen LogP) is 1.76. The summed E-state index contributed by atoms with van der Waals surface area (Å²) in [5.74, 6) is 0. The molecule has 0 aliphatic rings. The second-order valence-corrected chi connectivity index (χ2v) is 4.37. The van der Waals surface area contributed by atoms with Gasteiger partial charge in [-0.3, -0.25) is 4.68 Å². The Labute approximate surface area is 87.2 Å². The SMILES string of the molecule is COCC(Br)CCc1ccn(C)n1. The zero-order valence-electron chi connectivity index (χ0n) is 8.03.